The lowest BCUT2D eigenvalue weighted by atomic mass is 10.1. The Morgan fingerprint density at radius 2 is 1.43 bits per heavy atom. The predicted octanol–water partition coefficient (Wildman–Crippen LogP) is 6.42. The summed E-state index contributed by atoms with van der Waals surface area (Å²) in [5.41, 5.74) is 3.42. The first kappa shape index (κ1) is 16.6. The second-order valence-electron chi connectivity index (χ2n) is 7.68. The van der Waals surface area contributed by atoms with E-state index in [4.69, 9.17) is 4.42 Å². The van der Waals surface area contributed by atoms with Gasteiger partial charge in [0.25, 0.3) is 0 Å². The number of rotatable bonds is 1. The van der Waals surface area contributed by atoms with Gasteiger partial charge in [0.05, 0.1) is 0 Å². The Morgan fingerprint density at radius 3 is 2.37 bits per heavy atom. The third-order valence-corrected chi connectivity index (χ3v) is 10.2. The van der Waals surface area contributed by atoms with Crippen molar-refractivity contribution in [3.8, 4) is 11.1 Å². The van der Waals surface area contributed by atoms with E-state index in [2.05, 4.69) is 48.5 Å². The monoisotopic (exact) mass is 422 g/mol. The van der Waals surface area contributed by atoms with E-state index >= 15 is 0 Å². The molecule has 0 fully saturated rings. The van der Waals surface area contributed by atoms with E-state index in [0.717, 1.165) is 38.1 Å². The van der Waals surface area contributed by atoms with Crippen molar-refractivity contribution >= 4 is 65.7 Å². The van der Waals surface area contributed by atoms with E-state index in [1.165, 1.54) is 14.8 Å². The maximum Gasteiger partial charge on any atom is 0.205 e. The van der Waals surface area contributed by atoms with Crippen molar-refractivity contribution in [2.45, 2.75) is 0 Å². The molecule has 142 valence electrons. The first-order valence-corrected chi connectivity index (χ1v) is 12.4. The van der Waals surface area contributed by atoms with Crippen LogP contribution in [0.2, 0.25) is 0 Å². The summed E-state index contributed by atoms with van der Waals surface area (Å²) in [6.45, 7) is 0. The molecular formula is C26H15O2PS. The smallest absolute Gasteiger partial charge is 0.205 e. The van der Waals surface area contributed by atoms with Crippen LogP contribution in [-0.4, -0.2) is 0 Å². The zero-order valence-corrected chi connectivity index (χ0v) is 17.5. The fourth-order valence-electron chi connectivity index (χ4n) is 4.75. The van der Waals surface area contributed by atoms with Gasteiger partial charge in [0, 0.05) is 41.7 Å². The van der Waals surface area contributed by atoms with E-state index < -0.39 is 7.14 Å². The Kier molecular flexibility index (Phi) is 3.18. The minimum atomic E-state index is -3.09. The molecule has 0 aliphatic carbocycles. The van der Waals surface area contributed by atoms with Crippen molar-refractivity contribution in [1.82, 2.24) is 0 Å². The van der Waals surface area contributed by atoms with E-state index in [1.807, 2.05) is 42.5 Å². The summed E-state index contributed by atoms with van der Waals surface area (Å²) < 4.78 is 23.6. The molecule has 1 atom stereocenters. The molecule has 0 N–H and O–H groups in total. The average Bonchev–Trinajstić information content (AvgIpc) is 3.43. The van der Waals surface area contributed by atoms with Crippen LogP contribution in [0, 0.1) is 0 Å². The molecule has 3 heterocycles. The normalized spacial score (nSPS) is 17.6. The number of para-hydroxylation sites is 1. The average molecular weight is 422 g/mol. The minimum Gasteiger partial charge on any atom is -0.452 e. The van der Waals surface area contributed by atoms with E-state index in [9.17, 15) is 4.57 Å². The lowest BCUT2D eigenvalue weighted by Crippen LogP contribution is -2.20. The van der Waals surface area contributed by atoms with Gasteiger partial charge in [0.15, 0.2) is 5.50 Å². The molecule has 0 saturated carbocycles. The quantitative estimate of drug-likeness (QED) is 0.286. The molecule has 1 aliphatic heterocycles. The molecule has 6 aromatic rings. The van der Waals surface area contributed by atoms with Gasteiger partial charge in [-0.25, -0.2) is 0 Å². The Bertz CT molecular complexity index is 1690. The van der Waals surface area contributed by atoms with Gasteiger partial charge >= 0.3 is 0 Å². The molecule has 1 aliphatic rings. The summed E-state index contributed by atoms with van der Waals surface area (Å²) >= 11 is 1.77. The van der Waals surface area contributed by atoms with Crippen molar-refractivity contribution in [3.05, 3.63) is 91.0 Å². The zero-order valence-electron chi connectivity index (χ0n) is 15.8. The van der Waals surface area contributed by atoms with Crippen LogP contribution in [-0.2, 0) is 4.57 Å². The van der Waals surface area contributed by atoms with Crippen LogP contribution in [0.3, 0.4) is 0 Å². The molecule has 4 aromatic carbocycles. The zero-order chi connectivity index (χ0) is 19.9. The van der Waals surface area contributed by atoms with Crippen LogP contribution in [0.5, 0.6) is 0 Å². The van der Waals surface area contributed by atoms with Gasteiger partial charge in [-0.05, 0) is 35.9 Å². The standard InChI is InChI=1S/C26H15O2PS/c27-29(16-13-14-24-20(15-16)17-7-3-6-12-23(17)30-24)22-11-5-2-9-19(22)25-18-8-1-4-10-21(18)28-26(25)29/h1-15H. The maximum atomic E-state index is 14.8. The number of hydrogen-bond donors (Lipinski definition) is 0. The van der Waals surface area contributed by atoms with E-state index in [-0.39, 0.29) is 0 Å². The van der Waals surface area contributed by atoms with Crippen LogP contribution in [0.15, 0.2) is 95.4 Å². The summed E-state index contributed by atoms with van der Waals surface area (Å²) in [6.07, 6.45) is 0. The molecule has 0 amide bonds. The van der Waals surface area contributed by atoms with E-state index in [1.54, 1.807) is 11.3 Å². The van der Waals surface area contributed by atoms with Gasteiger partial charge in [0.1, 0.15) is 5.58 Å². The number of hydrogen-bond acceptors (Lipinski definition) is 3. The Balaban J connectivity index is 1.60. The largest absolute Gasteiger partial charge is 0.452 e. The van der Waals surface area contributed by atoms with E-state index in [0.29, 0.717) is 5.50 Å². The van der Waals surface area contributed by atoms with Gasteiger partial charge in [-0.15, -0.1) is 11.3 Å². The summed E-state index contributed by atoms with van der Waals surface area (Å²) in [6, 6.07) is 30.7. The molecule has 0 spiro atoms. The van der Waals surface area contributed by atoms with Crippen LogP contribution >= 0.6 is 18.5 Å². The number of benzene rings is 4. The van der Waals surface area contributed by atoms with Crippen molar-refractivity contribution in [2.24, 2.45) is 0 Å². The Hall–Kier alpha value is -3.13. The molecule has 0 radical (unpaired) electrons. The highest BCUT2D eigenvalue weighted by molar-refractivity contribution is 7.86. The maximum absolute atomic E-state index is 14.8. The highest BCUT2D eigenvalue weighted by Crippen LogP contribution is 2.55. The number of furan rings is 1. The molecule has 2 nitrogen and oxygen atoms in total. The second-order valence-corrected chi connectivity index (χ2v) is 11.4. The topological polar surface area (TPSA) is 30.2 Å². The lowest BCUT2D eigenvalue weighted by Gasteiger charge is -2.14. The van der Waals surface area contributed by atoms with Crippen LogP contribution in [0.4, 0.5) is 0 Å². The van der Waals surface area contributed by atoms with Gasteiger partial charge in [-0.2, -0.15) is 0 Å². The lowest BCUT2D eigenvalue weighted by molar-refractivity contribution is 0.581. The van der Waals surface area contributed by atoms with Crippen molar-refractivity contribution in [3.63, 3.8) is 0 Å². The molecule has 4 heteroatoms. The first-order chi connectivity index (χ1) is 14.7. The molecule has 7 rings (SSSR count). The Morgan fingerprint density at radius 1 is 0.700 bits per heavy atom. The second kappa shape index (κ2) is 5.72. The van der Waals surface area contributed by atoms with Crippen molar-refractivity contribution in [1.29, 1.82) is 0 Å². The molecule has 30 heavy (non-hydrogen) atoms. The highest BCUT2D eigenvalue weighted by Gasteiger charge is 2.44. The number of fused-ring (bicyclic) bond motifs is 8. The summed E-state index contributed by atoms with van der Waals surface area (Å²) in [5, 5.41) is 5.11. The van der Waals surface area contributed by atoms with Crippen LogP contribution in [0.1, 0.15) is 0 Å². The predicted molar refractivity (Wildman–Crippen MR) is 127 cm³/mol. The van der Waals surface area contributed by atoms with Crippen molar-refractivity contribution < 1.29 is 8.98 Å². The molecule has 0 bridgehead atoms. The third kappa shape index (κ3) is 1.97. The summed E-state index contributed by atoms with van der Waals surface area (Å²) in [4.78, 5) is 0. The SMILES string of the molecule is O=P1(c2ccc3sc4ccccc4c3c2)c2ccccc2-c2c1oc1ccccc21. The fraction of sp³-hybridized carbons (Fsp3) is 0. The minimum absolute atomic E-state index is 0.615. The number of thiophene rings is 1. The first-order valence-electron chi connectivity index (χ1n) is 9.89. The van der Waals surface area contributed by atoms with Gasteiger partial charge in [-0.3, -0.25) is 0 Å². The van der Waals surface area contributed by atoms with Gasteiger partial charge < -0.3 is 8.98 Å². The fourth-order valence-corrected chi connectivity index (χ4v) is 8.77. The van der Waals surface area contributed by atoms with Crippen LogP contribution in [0.25, 0.3) is 42.3 Å². The van der Waals surface area contributed by atoms with Crippen LogP contribution < -0.4 is 16.1 Å². The molecule has 1 unspecified atom stereocenters. The third-order valence-electron chi connectivity index (χ3n) is 6.10. The molecule has 2 aromatic heterocycles. The van der Waals surface area contributed by atoms with Gasteiger partial charge in [-0.1, -0.05) is 60.7 Å². The Labute approximate surface area is 176 Å². The molecule has 0 saturated heterocycles. The highest BCUT2D eigenvalue weighted by atomic mass is 32.1. The van der Waals surface area contributed by atoms with Gasteiger partial charge in [0.2, 0.25) is 7.14 Å². The van der Waals surface area contributed by atoms with Crippen molar-refractivity contribution in [2.75, 3.05) is 0 Å². The summed E-state index contributed by atoms with van der Waals surface area (Å²) in [7, 11) is -3.09. The summed E-state index contributed by atoms with van der Waals surface area (Å²) in [5.74, 6) is 0. The molecular weight excluding hydrogens is 407 g/mol.